The number of allylic oxidation sites excluding steroid dienone is 3. The van der Waals surface area contributed by atoms with Crippen LogP contribution in [0, 0.1) is 17.3 Å². The second-order valence-corrected chi connectivity index (χ2v) is 12.3. The number of likely N-dealkylation sites (N-methyl/N-ethyl adjacent to an activating group) is 1. The Balaban J connectivity index is 1.33. The van der Waals surface area contributed by atoms with Crippen molar-refractivity contribution in [2.75, 3.05) is 14.1 Å². The second kappa shape index (κ2) is 7.38. The monoisotopic (exact) mass is 484 g/mol. The van der Waals surface area contributed by atoms with Gasteiger partial charge in [0.25, 0.3) is 0 Å². The van der Waals surface area contributed by atoms with Crippen LogP contribution in [0.5, 0.6) is 0 Å². The number of pyridine rings is 1. The van der Waals surface area contributed by atoms with Crippen molar-refractivity contribution in [3.8, 4) is 0 Å². The summed E-state index contributed by atoms with van der Waals surface area (Å²) < 4.78 is 7.28. The molecule has 1 aromatic heterocycles. The van der Waals surface area contributed by atoms with Gasteiger partial charge < -0.3 is 19.8 Å². The van der Waals surface area contributed by atoms with Crippen LogP contribution in [0.2, 0.25) is 0 Å². The lowest BCUT2D eigenvalue weighted by atomic mass is 9.54. The van der Waals surface area contributed by atoms with E-state index in [4.69, 9.17) is 4.74 Å². The highest BCUT2D eigenvalue weighted by atomic mass is 16.5. The summed E-state index contributed by atoms with van der Waals surface area (Å²) >= 11 is 0. The molecule has 2 fully saturated rings. The van der Waals surface area contributed by atoms with Crippen molar-refractivity contribution < 1.29 is 14.9 Å². The van der Waals surface area contributed by atoms with Crippen molar-refractivity contribution in [3.05, 3.63) is 71.5 Å². The summed E-state index contributed by atoms with van der Waals surface area (Å²) in [5.41, 5.74) is 4.93. The minimum atomic E-state index is -0.893. The first-order valence-corrected chi connectivity index (χ1v) is 13.4. The minimum absolute atomic E-state index is 0.0516. The van der Waals surface area contributed by atoms with Crippen LogP contribution in [-0.2, 0) is 4.74 Å². The zero-order valence-electron chi connectivity index (χ0n) is 21.6. The summed E-state index contributed by atoms with van der Waals surface area (Å²) in [6.07, 6.45) is 10.8. The van der Waals surface area contributed by atoms with Crippen LogP contribution in [0.3, 0.4) is 0 Å². The highest BCUT2D eigenvalue weighted by Gasteiger charge is 2.68. The number of aliphatic hydroxyl groups excluding tert-OH is 2. The second-order valence-electron chi connectivity index (χ2n) is 12.3. The average Bonchev–Trinajstić information content (AvgIpc) is 3.39. The van der Waals surface area contributed by atoms with Crippen LogP contribution < -0.4 is 0 Å². The molecular weight excluding hydrogens is 448 g/mol. The summed E-state index contributed by atoms with van der Waals surface area (Å²) in [5.74, 6) is 0.647. The van der Waals surface area contributed by atoms with Gasteiger partial charge in [0.15, 0.2) is 0 Å². The largest absolute Gasteiger partial charge is 0.388 e. The third-order valence-electron chi connectivity index (χ3n) is 10.6. The van der Waals surface area contributed by atoms with E-state index >= 15 is 0 Å². The lowest BCUT2D eigenvalue weighted by Crippen LogP contribution is -2.62. The molecule has 3 aliphatic carbocycles. The number of hydrogen-bond donors (Lipinski definition) is 2. The Morgan fingerprint density at radius 3 is 2.78 bits per heavy atom. The van der Waals surface area contributed by atoms with Crippen LogP contribution >= 0.6 is 0 Å². The summed E-state index contributed by atoms with van der Waals surface area (Å²) in [6, 6.07) is 10.7. The van der Waals surface area contributed by atoms with E-state index in [0.717, 1.165) is 36.8 Å². The molecule has 7 rings (SSSR count). The van der Waals surface area contributed by atoms with E-state index in [2.05, 4.69) is 61.3 Å². The first-order chi connectivity index (χ1) is 17.2. The van der Waals surface area contributed by atoms with E-state index in [1.807, 2.05) is 31.3 Å². The fourth-order valence-corrected chi connectivity index (χ4v) is 8.50. The van der Waals surface area contributed by atoms with Crippen LogP contribution in [0.15, 0.2) is 65.9 Å². The summed E-state index contributed by atoms with van der Waals surface area (Å²) in [4.78, 5) is 6.55. The smallest absolute Gasteiger partial charge is 0.105 e. The van der Waals surface area contributed by atoms with Crippen molar-refractivity contribution >= 4 is 16.5 Å². The SMILES string of the molecule is CC1C=C2C=C3[C@@H](O)[C@H](O)[C@@H](N(C)C)C[C@]34CC[C@]2(O4)C2CC=C(c3ccc4ncccc4c3)[C@@]12C. The first kappa shape index (κ1) is 22.9. The van der Waals surface area contributed by atoms with Crippen LogP contribution in [0.4, 0.5) is 0 Å². The van der Waals surface area contributed by atoms with E-state index in [-0.39, 0.29) is 17.1 Å². The van der Waals surface area contributed by atoms with E-state index in [0.29, 0.717) is 11.8 Å². The maximum Gasteiger partial charge on any atom is 0.105 e. The van der Waals surface area contributed by atoms with Gasteiger partial charge in [-0.25, -0.2) is 0 Å². The molecule has 8 atom stereocenters. The number of ether oxygens (including phenoxy) is 1. The Labute approximate surface area is 213 Å². The van der Waals surface area contributed by atoms with Crippen molar-refractivity contribution in [3.63, 3.8) is 0 Å². The Morgan fingerprint density at radius 2 is 1.97 bits per heavy atom. The molecule has 2 aliphatic heterocycles. The van der Waals surface area contributed by atoms with Gasteiger partial charge in [0.1, 0.15) is 6.10 Å². The number of rotatable bonds is 2. The van der Waals surface area contributed by atoms with Crippen molar-refractivity contribution in [2.45, 2.75) is 69.0 Å². The van der Waals surface area contributed by atoms with Crippen LogP contribution in [-0.4, -0.2) is 63.6 Å². The molecule has 2 spiro atoms. The van der Waals surface area contributed by atoms with Gasteiger partial charge in [0.2, 0.25) is 0 Å². The number of aliphatic hydroxyl groups is 2. The van der Waals surface area contributed by atoms with Gasteiger partial charge in [0, 0.05) is 29.0 Å². The molecule has 0 amide bonds. The molecule has 0 radical (unpaired) electrons. The van der Waals surface area contributed by atoms with Gasteiger partial charge >= 0.3 is 0 Å². The molecule has 3 heterocycles. The predicted octanol–water partition coefficient (Wildman–Crippen LogP) is 4.50. The fraction of sp³-hybridized carbons (Fsp3) is 0.516. The summed E-state index contributed by atoms with van der Waals surface area (Å²) in [5, 5.41) is 23.3. The molecule has 2 bridgehead atoms. The quantitative estimate of drug-likeness (QED) is 0.657. The highest BCUT2D eigenvalue weighted by Crippen LogP contribution is 2.69. The van der Waals surface area contributed by atoms with E-state index < -0.39 is 17.8 Å². The first-order valence-electron chi connectivity index (χ1n) is 13.4. The number of nitrogens with zero attached hydrogens (tertiary/aromatic N) is 2. The van der Waals surface area contributed by atoms with E-state index in [9.17, 15) is 10.2 Å². The molecule has 2 N–H and O–H groups in total. The Morgan fingerprint density at radius 1 is 1.14 bits per heavy atom. The normalized spacial score (nSPS) is 43.0. The van der Waals surface area contributed by atoms with Crippen LogP contribution in [0.25, 0.3) is 16.5 Å². The maximum atomic E-state index is 11.2. The highest BCUT2D eigenvalue weighted by molar-refractivity contribution is 5.85. The molecule has 1 saturated carbocycles. The zero-order chi connectivity index (χ0) is 25.0. The number of fused-ring (bicyclic) bond motifs is 2. The summed E-state index contributed by atoms with van der Waals surface area (Å²) in [6.45, 7) is 4.77. The molecule has 2 unspecified atom stereocenters. The fourth-order valence-electron chi connectivity index (χ4n) is 8.50. The molecule has 5 aliphatic rings. The molecule has 5 heteroatoms. The van der Waals surface area contributed by atoms with Gasteiger partial charge in [0.05, 0.1) is 22.8 Å². The minimum Gasteiger partial charge on any atom is -0.388 e. The molecule has 5 nitrogen and oxygen atoms in total. The number of aromatic nitrogens is 1. The third kappa shape index (κ3) is 2.72. The molecule has 1 saturated heterocycles. The molecular formula is C31H36N2O3. The van der Waals surface area contributed by atoms with Gasteiger partial charge in [-0.3, -0.25) is 4.98 Å². The maximum absolute atomic E-state index is 11.2. The van der Waals surface area contributed by atoms with Gasteiger partial charge in [-0.1, -0.05) is 44.2 Å². The molecule has 1 aromatic carbocycles. The lowest BCUT2D eigenvalue weighted by molar-refractivity contribution is -0.165. The predicted molar refractivity (Wildman–Crippen MR) is 141 cm³/mol. The topological polar surface area (TPSA) is 65.8 Å². The zero-order valence-corrected chi connectivity index (χ0v) is 21.6. The van der Waals surface area contributed by atoms with Gasteiger partial charge in [-0.2, -0.15) is 0 Å². The molecule has 2 aromatic rings. The molecule has 188 valence electrons. The lowest BCUT2D eigenvalue weighted by Gasteiger charge is -2.57. The molecule has 36 heavy (non-hydrogen) atoms. The third-order valence-corrected chi connectivity index (χ3v) is 10.6. The van der Waals surface area contributed by atoms with E-state index in [1.54, 1.807) is 0 Å². The number of hydrogen-bond acceptors (Lipinski definition) is 5. The average molecular weight is 485 g/mol. The van der Waals surface area contributed by atoms with Gasteiger partial charge in [-0.05, 0) is 86.2 Å². The van der Waals surface area contributed by atoms with Gasteiger partial charge in [-0.15, -0.1) is 0 Å². The Kier molecular flexibility index (Phi) is 4.69. The Hall–Kier alpha value is -2.31. The standard InChI is InChI=1S/C31H36N2O3/c1-18-14-21-16-23-27(34)28(35)25(33(3)4)17-30(23)11-12-31(21,36-30)26-10-8-22(29(18,26)2)19-7-9-24-20(15-19)6-5-13-32-24/h5-9,13-16,18,25-28,34-35H,10-12,17H2,1-4H3/t18?,25-,26?,27+,28+,29+,30+,31+/m0/s1. The summed E-state index contributed by atoms with van der Waals surface area (Å²) in [7, 11) is 3.97. The van der Waals surface area contributed by atoms with E-state index in [1.165, 1.54) is 22.1 Å². The van der Waals surface area contributed by atoms with Crippen molar-refractivity contribution in [1.29, 1.82) is 0 Å². The number of benzene rings is 1. The van der Waals surface area contributed by atoms with Crippen molar-refractivity contribution in [2.24, 2.45) is 17.3 Å². The van der Waals surface area contributed by atoms with Crippen LogP contribution in [0.1, 0.15) is 45.1 Å². The van der Waals surface area contributed by atoms with Crippen molar-refractivity contribution in [1.82, 2.24) is 9.88 Å². The Bertz CT molecular complexity index is 1360.